The van der Waals surface area contributed by atoms with Crippen LogP contribution in [-0.4, -0.2) is 8.42 Å². The molecule has 0 saturated carbocycles. The zero-order valence-corrected chi connectivity index (χ0v) is 11.7. The van der Waals surface area contributed by atoms with Crippen LogP contribution in [0.5, 0.6) is 0 Å². The predicted molar refractivity (Wildman–Crippen MR) is 77.1 cm³/mol. The quantitative estimate of drug-likeness (QED) is 0.911. The van der Waals surface area contributed by atoms with Gasteiger partial charge in [0.1, 0.15) is 0 Å². The summed E-state index contributed by atoms with van der Waals surface area (Å²) in [7, 11) is -3.30. The van der Waals surface area contributed by atoms with Crippen LogP contribution in [0.15, 0.2) is 54.6 Å². The molecule has 19 heavy (non-hydrogen) atoms. The molecule has 0 heterocycles. The van der Waals surface area contributed by atoms with Gasteiger partial charge in [0.25, 0.3) is 0 Å². The molecule has 0 aliphatic heterocycles. The Bertz CT molecular complexity index is 636. The SMILES string of the molecule is Cc1cccc(CS(=O)(=O)NCc2ccccc2)c1. The fraction of sp³-hybridized carbons (Fsp3) is 0.200. The van der Waals surface area contributed by atoms with Gasteiger partial charge in [-0.15, -0.1) is 0 Å². The molecule has 4 heteroatoms. The van der Waals surface area contributed by atoms with Crippen LogP contribution < -0.4 is 4.72 Å². The standard InChI is InChI=1S/C15H17NO2S/c1-13-6-5-9-15(10-13)12-19(17,18)16-11-14-7-3-2-4-8-14/h2-10,16H,11-12H2,1H3. The molecule has 0 fully saturated rings. The molecule has 3 nitrogen and oxygen atoms in total. The Hall–Kier alpha value is -1.65. The van der Waals surface area contributed by atoms with Crippen molar-refractivity contribution >= 4 is 10.0 Å². The van der Waals surface area contributed by atoms with Crippen molar-refractivity contribution < 1.29 is 8.42 Å². The maximum Gasteiger partial charge on any atom is 0.216 e. The van der Waals surface area contributed by atoms with E-state index in [1.54, 1.807) is 0 Å². The van der Waals surface area contributed by atoms with Gasteiger partial charge in [0.2, 0.25) is 10.0 Å². The monoisotopic (exact) mass is 275 g/mol. The highest BCUT2D eigenvalue weighted by molar-refractivity contribution is 7.88. The van der Waals surface area contributed by atoms with Gasteiger partial charge in [0.15, 0.2) is 0 Å². The van der Waals surface area contributed by atoms with Crippen LogP contribution in [0.4, 0.5) is 0 Å². The number of benzene rings is 2. The number of nitrogens with one attached hydrogen (secondary N) is 1. The molecule has 0 bridgehead atoms. The van der Waals surface area contributed by atoms with Crippen molar-refractivity contribution in [2.24, 2.45) is 0 Å². The third kappa shape index (κ3) is 4.50. The molecule has 2 aromatic rings. The summed E-state index contributed by atoms with van der Waals surface area (Å²) in [6, 6.07) is 17.0. The van der Waals surface area contributed by atoms with E-state index < -0.39 is 10.0 Å². The molecule has 2 rings (SSSR count). The minimum Gasteiger partial charge on any atom is -0.212 e. The molecule has 0 aliphatic carbocycles. The smallest absolute Gasteiger partial charge is 0.212 e. The van der Waals surface area contributed by atoms with Crippen LogP contribution in [0.1, 0.15) is 16.7 Å². The van der Waals surface area contributed by atoms with Crippen molar-refractivity contribution in [1.82, 2.24) is 4.72 Å². The van der Waals surface area contributed by atoms with Crippen molar-refractivity contribution in [3.63, 3.8) is 0 Å². The van der Waals surface area contributed by atoms with E-state index in [1.807, 2.05) is 61.5 Å². The Morgan fingerprint density at radius 2 is 1.63 bits per heavy atom. The van der Waals surface area contributed by atoms with Crippen LogP contribution >= 0.6 is 0 Å². The van der Waals surface area contributed by atoms with E-state index in [2.05, 4.69) is 4.72 Å². The summed E-state index contributed by atoms with van der Waals surface area (Å²) in [6.07, 6.45) is 0. The van der Waals surface area contributed by atoms with Crippen molar-refractivity contribution in [3.05, 3.63) is 71.3 Å². The van der Waals surface area contributed by atoms with Gasteiger partial charge in [0, 0.05) is 6.54 Å². The first-order valence-electron chi connectivity index (χ1n) is 6.12. The Morgan fingerprint density at radius 1 is 0.947 bits per heavy atom. The van der Waals surface area contributed by atoms with E-state index in [9.17, 15) is 8.42 Å². The first-order valence-corrected chi connectivity index (χ1v) is 7.77. The molecular formula is C15H17NO2S. The predicted octanol–water partition coefficient (Wildman–Crippen LogP) is 2.61. The zero-order valence-electron chi connectivity index (χ0n) is 10.8. The molecule has 0 spiro atoms. The summed E-state index contributed by atoms with van der Waals surface area (Å²) in [6.45, 7) is 2.28. The van der Waals surface area contributed by atoms with Gasteiger partial charge in [-0.05, 0) is 18.1 Å². The first-order chi connectivity index (χ1) is 9.05. The zero-order chi connectivity index (χ0) is 13.7. The van der Waals surface area contributed by atoms with E-state index in [0.29, 0.717) is 6.54 Å². The lowest BCUT2D eigenvalue weighted by Crippen LogP contribution is -2.24. The highest BCUT2D eigenvalue weighted by Crippen LogP contribution is 2.08. The second-order valence-corrected chi connectivity index (χ2v) is 6.36. The van der Waals surface area contributed by atoms with Gasteiger partial charge in [0.05, 0.1) is 5.75 Å². The van der Waals surface area contributed by atoms with E-state index in [-0.39, 0.29) is 5.75 Å². The molecule has 0 saturated heterocycles. The van der Waals surface area contributed by atoms with Gasteiger partial charge >= 0.3 is 0 Å². The van der Waals surface area contributed by atoms with Crippen LogP contribution in [0.25, 0.3) is 0 Å². The average Bonchev–Trinajstić information content (AvgIpc) is 2.37. The van der Waals surface area contributed by atoms with Gasteiger partial charge in [-0.2, -0.15) is 0 Å². The number of hydrogen-bond donors (Lipinski definition) is 1. The Labute approximate surface area is 114 Å². The van der Waals surface area contributed by atoms with Crippen LogP contribution in [-0.2, 0) is 22.3 Å². The Kier molecular flexibility index (Phi) is 4.35. The highest BCUT2D eigenvalue weighted by Gasteiger charge is 2.11. The van der Waals surface area contributed by atoms with Gasteiger partial charge in [-0.25, -0.2) is 13.1 Å². The van der Waals surface area contributed by atoms with Crippen molar-refractivity contribution in [1.29, 1.82) is 0 Å². The van der Waals surface area contributed by atoms with E-state index in [0.717, 1.165) is 16.7 Å². The summed E-state index contributed by atoms with van der Waals surface area (Å²) in [5.74, 6) is 0.0154. The normalized spacial score (nSPS) is 11.4. The summed E-state index contributed by atoms with van der Waals surface area (Å²) in [4.78, 5) is 0. The molecule has 2 aromatic carbocycles. The number of aryl methyl sites for hydroxylation is 1. The summed E-state index contributed by atoms with van der Waals surface area (Å²) in [5, 5.41) is 0. The Morgan fingerprint density at radius 3 is 2.32 bits per heavy atom. The van der Waals surface area contributed by atoms with E-state index in [4.69, 9.17) is 0 Å². The largest absolute Gasteiger partial charge is 0.216 e. The lowest BCUT2D eigenvalue weighted by molar-refractivity contribution is 0.580. The topological polar surface area (TPSA) is 46.2 Å². The minimum absolute atomic E-state index is 0.0154. The van der Waals surface area contributed by atoms with E-state index in [1.165, 1.54) is 0 Å². The summed E-state index contributed by atoms with van der Waals surface area (Å²) >= 11 is 0. The number of rotatable bonds is 5. The maximum atomic E-state index is 12.0. The van der Waals surface area contributed by atoms with Gasteiger partial charge in [-0.3, -0.25) is 0 Å². The molecule has 0 atom stereocenters. The molecule has 0 aliphatic rings. The van der Waals surface area contributed by atoms with Crippen LogP contribution in [0.2, 0.25) is 0 Å². The number of hydrogen-bond acceptors (Lipinski definition) is 2. The van der Waals surface area contributed by atoms with Crippen molar-refractivity contribution in [2.75, 3.05) is 0 Å². The van der Waals surface area contributed by atoms with Gasteiger partial charge in [-0.1, -0.05) is 60.2 Å². The molecule has 1 N–H and O–H groups in total. The van der Waals surface area contributed by atoms with Gasteiger partial charge < -0.3 is 0 Å². The molecule has 0 aromatic heterocycles. The van der Waals surface area contributed by atoms with Crippen LogP contribution in [0, 0.1) is 6.92 Å². The Balaban J connectivity index is 1.99. The fourth-order valence-corrected chi connectivity index (χ4v) is 2.97. The first kappa shape index (κ1) is 13.8. The fourth-order valence-electron chi connectivity index (χ4n) is 1.86. The molecule has 0 radical (unpaired) electrons. The molecule has 100 valence electrons. The maximum absolute atomic E-state index is 12.0. The van der Waals surface area contributed by atoms with Crippen LogP contribution in [0.3, 0.4) is 0 Å². The molecule has 0 unspecified atom stereocenters. The second kappa shape index (κ2) is 5.99. The third-order valence-electron chi connectivity index (χ3n) is 2.78. The van der Waals surface area contributed by atoms with Crippen molar-refractivity contribution in [2.45, 2.75) is 19.2 Å². The lowest BCUT2D eigenvalue weighted by atomic mass is 10.2. The highest BCUT2D eigenvalue weighted by atomic mass is 32.2. The lowest BCUT2D eigenvalue weighted by Gasteiger charge is -2.07. The summed E-state index contributed by atoms with van der Waals surface area (Å²) < 4.78 is 26.6. The minimum atomic E-state index is -3.30. The summed E-state index contributed by atoms with van der Waals surface area (Å²) in [5.41, 5.74) is 2.83. The van der Waals surface area contributed by atoms with E-state index >= 15 is 0 Å². The second-order valence-electron chi connectivity index (χ2n) is 4.55. The number of sulfonamides is 1. The molecule has 0 amide bonds. The average molecular weight is 275 g/mol. The van der Waals surface area contributed by atoms with Crippen molar-refractivity contribution in [3.8, 4) is 0 Å². The third-order valence-corrected chi connectivity index (χ3v) is 4.08. The molecular weight excluding hydrogens is 258 g/mol.